The molecule has 78 valence electrons. The molecule has 0 aliphatic heterocycles. The smallest absolute Gasteiger partial charge is 0.129 e. The van der Waals surface area contributed by atoms with Crippen molar-refractivity contribution in [2.75, 3.05) is 6.54 Å². The summed E-state index contributed by atoms with van der Waals surface area (Å²) in [5.74, 6) is 0. The standard InChI is InChI=1S/C11H16ClNO/c1-8(2)13-7-11(14)9-5-3-4-6-10(9)12/h3-6,8,11,13-14H,7H2,1-2H3/p+1/t11-/m0/s1. The molecule has 14 heavy (non-hydrogen) atoms. The topological polar surface area (TPSA) is 36.8 Å². The number of aliphatic hydroxyl groups excluding tert-OH is 1. The number of nitrogens with two attached hydrogens (primary N) is 1. The molecule has 0 saturated heterocycles. The maximum atomic E-state index is 9.83. The lowest BCUT2D eigenvalue weighted by molar-refractivity contribution is -0.689. The van der Waals surface area contributed by atoms with Crippen LogP contribution in [0.1, 0.15) is 25.5 Å². The van der Waals surface area contributed by atoms with Gasteiger partial charge in [-0.2, -0.15) is 0 Å². The summed E-state index contributed by atoms with van der Waals surface area (Å²) in [6, 6.07) is 7.91. The minimum atomic E-state index is -0.480. The van der Waals surface area contributed by atoms with Gasteiger partial charge in [0.1, 0.15) is 12.6 Å². The van der Waals surface area contributed by atoms with Crippen molar-refractivity contribution in [3.63, 3.8) is 0 Å². The molecule has 0 saturated carbocycles. The van der Waals surface area contributed by atoms with Gasteiger partial charge in [-0.25, -0.2) is 0 Å². The molecule has 1 aromatic rings. The van der Waals surface area contributed by atoms with E-state index in [9.17, 15) is 5.11 Å². The molecule has 0 bridgehead atoms. The molecule has 3 N–H and O–H groups in total. The molecule has 0 radical (unpaired) electrons. The Hall–Kier alpha value is -0.570. The molecule has 0 amide bonds. The van der Waals surface area contributed by atoms with E-state index in [4.69, 9.17) is 11.6 Å². The molecule has 0 spiro atoms. The monoisotopic (exact) mass is 214 g/mol. The largest absolute Gasteiger partial charge is 0.382 e. The zero-order valence-corrected chi connectivity index (χ0v) is 9.33. The van der Waals surface area contributed by atoms with Gasteiger partial charge in [0.2, 0.25) is 0 Å². The Morgan fingerprint density at radius 3 is 2.57 bits per heavy atom. The quantitative estimate of drug-likeness (QED) is 0.780. The van der Waals surface area contributed by atoms with Crippen molar-refractivity contribution < 1.29 is 10.4 Å². The number of hydrogen-bond donors (Lipinski definition) is 2. The fourth-order valence-electron chi connectivity index (χ4n) is 1.27. The van der Waals surface area contributed by atoms with Crippen LogP contribution in [0.4, 0.5) is 0 Å². The summed E-state index contributed by atoms with van der Waals surface area (Å²) in [5.41, 5.74) is 0.811. The Balaban J connectivity index is 2.60. The second-order valence-electron chi connectivity index (χ2n) is 3.75. The Kier molecular flexibility index (Phi) is 4.39. The van der Waals surface area contributed by atoms with Crippen LogP contribution in [0, 0.1) is 0 Å². The predicted molar refractivity (Wildman–Crippen MR) is 58.3 cm³/mol. The van der Waals surface area contributed by atoms with Crippen LogP contribution in [-0.2, 0) is 0 Å². The third-order valence-corrected chi connectivity index (χ3v) is 2.44. The summed E-state index contributed by atoms with van der Waals surface area (Å²) >= 11 is 5.96. The fourth-order valence-corrected chi connectivity index (χ4v) is 1.54. The highest BCUT2D eigenvalue weighted by Gasteiger charge is 2.12. The Labute approximate surface area is 89.9 Å². The Morgan fingerprint density at radius 1 is 1.36 bits per heavy atom. The molecule has 0 fully saturated rings. The van der Waals surface area contributed by atoms with Crippen molar-refractivity contribution in [3.8, 4) is 0 Å². The lowest BCUT2D eigenvalue weighted by Crippen LogP contribution is -2.89. The SMILES string of the molecule is CC(C)[NH2+]C[C@H](O)c1ccccc1Cl. The molecule has 0 aliphatic carbocycles. The maximum Gasteiger partial charge on any atom is 0.129 e. The number of hydrogen-bond acceptors (Lipinski definition) is 1. The molecule has 1 rings (SSSR count). The highest BCUT2D eigenvalue weighted by molar-refractivity contribution is 6.31. The van der Waals surface area contributed by atoms with Gasteiger partial charge in [-0.05, 0) is 19.9 Å². The van der Waals surface area contributed by atoms with Gasteiger partial charge in [-0.1, -0.05) is 29.8 Å². The van der Waals surface area contributed by atoms with E-state index < -0.39 is 6.10 Å². The molecule has 2 nitrogen and oxygen atoms in total. The van der Waals surface area contributed by atoms with E-state index in [1.165, 1.54) is 0 Å². The molecule has 0 aliphatic rings. The van der Waals surface area contributed by atoms with Crippen LogP contribution in [0.25, 0.3) is 0 Å². The number of benzene rings is 1. The molecular weight excluding hydrogens is 198 g/mol. The molecule has 0 unspecified atom stereocenters. The van der Waals surface area contributed by atoms with E-state index in [1.54, 1.807) is 6.07 Å². The van der Waals surface area contributed by atoms with Crippen LogP contribution in [-0.4, -0.2) is 17.7 Å². The first kappa shape index (κ1) is 11.5. The first-order chi connectivity index (χ1) is 6.61. The normalized spacial score (nSPS) is 13.2. The predicted octanol–water partition coefficient (Wildman–Crippen LogP) is 1.35. The van der Waals surface area contributed by atoms with Gasteiger partial charge < -0.3 is 10.4 Å². The van der Waals surface area contributed by atoms with E-state index in [1.807, 2.05) is 18.2 Å². The molecule has 0 aromatic heterocycles. The molecular formula is C11H17ClNO+. The van der Waals surface area contributed by atoms with Gasteiger partial charge in [0.25, 0.3) is 0 Å². The van der Waals surface area contributed by atoms with Crippen molar-refractivity contribution in [2.45, 2.75) is 26.0 Å². The summed E-state index contributed by atoms with van der Waals surface area (Å²) < 4.78 is 0. The van der Waals surface area contributed by atoms with Crippen molar-refractivity contribution in [2.24, 2.45) is 0 Å². The van der Waals surface area contributed by atoms with E-state index in [-0.39, 0.29) is 0 Å². The zero-order valence-electron chi connectivity index (χ0n) is 8.57. The van der Waals surface area contributed by atoms with Gasteiger partial charge >= 0.3 is 0 Å². The van der Waals surface area contributed by atoms with Crippen LogP contribution in [0.2, 0.25) is 5.02 Å². The summed E-state index contributed by atoms with van der Waals surface area (Å²) in [6.45, 7) is 4.85. The minimum Gasteiger partial charge on any atom is -0.382 e. The second kappa shape index (κ2) is 5.35. The second-order valence-corrected chi connectivity index (χ2v) is 4.16. The third kappa shape index (κ3) is 3.29. The van der Waals surface area contributed by atoms with E-state index in [0.717, 1.165) is 5.56 Å². The molecule has 0 heterocycles. The molecule has 3 heteroatoms. The van der Waals surface area contributed by atoms with Crippen LogP contribution in [0.15, 0.2) is 24.3 Å². The summed E-state index contributed by atoms with van der Waals surface area (Å²) in [5, 5.41) is 12.6. The van der Waals surface area contributed by atoms with Crippen LogP contribution >= 0.6 is 11.6 Å². The average molecular weight is 215 g/mol. The highest BCUT2D eigenvalue weighted by atomic mass is 35.5. The van der Waals surface area contributed by atoms with Crippen LogP contribution < -0.4 is 5.32 Å². The van der Waals surface area contributed by atoms with Gasteiger partial charge in [-0.15, -0.1) is 0 Å². The number of rotatable bonds is 4. The molecule has 1 atom stereocenters. The van der Waals surface area contributed by atoms with Gasteiger partial charge in [0.05, 0.1) is 6.04 Å². The van der Waals surface area contributed by atoms with Gasteiger partial charge in [-0.3, -0.25) is 0 Å². The van der Waals surface area contributed by atoms with Crippen molar-refractivity contribution in [1.29, 1.82) is 0 Å². The minimum absolute atomic E-state index is 0.480. The first-order valence-corrected chi connectivity index (χ1v) is 5.25. The lowest BCUT2D eigenvalue weighted by atomic mass is 10.1. The van der Waals surface area contributed by atoms with E-state index >= 15 is 0 Å². The number of halogens is 1. The Morgan fingerprint density at radius 2 is 2.00 bits per heavy atom. The zero-order chi connectivity index (χ0) is 10.6. The highest BCUT2D eigenvalue weighted by Crippen LogP contribution is 2.21. The number of quaternary nitrogens is 1. The summed E-state index contributed by atoms with van der Waals surface area (Å²) in [6.07, 6.45) is -0.480. The maximum absolute atomic E-state index is 9.83. The third-order valence-electron chi connectivity index (χ3n) is 2.09. The summed E-state index contributed by atoms with van der Waals surface area (Å²) in [7, 11) is 0. The van der Waals surface area contributed by atoms with Crippen molar-refractivity contribution in [3.05, 3.63) is 34.9 Å². The first-order valence-electron chi connectivity index (χ1n) is 4.87. The van der Waals surface area contributed by atoms with E-state index in [0.29, 0.717) is 17.6 Å². The van der Waals surface area contributed by atoms with Gasteiger partial charge in [0, 0.05) is 10.6 Å². The van der Waals surface area contributed by atoms with Crippen molar-refractivity contribution in [1.82, 2.24) is 0 Å². The van der Waals surface area contributed by atoms with Crippen molar-refractivity contribution >= 4 is 11.6 Å². The van der Waals surface area contributed by atoms with Crippen LogP contribution in [0.3, 0.4) is 0 Å². The lowest BCUT2D eigenvalue weighted by Gasteiger charge is -2.12. The molecule has 1 aromatic carbocycles. The number of aliphatic hydroxyl groups is 1. The van der Waals surface area contributed by atoms with Gasteiger partial charge in [0.15, 0.2) is 0 Å². The summed E-state index contributed by atoms with van der Waals surface area (Å²) in [4.78, 5) is 0. The average Bonchev–Trinajstić information content (AvgIpc) is 2.15. The van der Waals surface area contributed by atoms with Crippen LogP contribution in [0.5, 0.6) is 0 Å². The fraction of sp³-hybridized carbons (Fsp3) is 0.455. The Bertz CT molecular complexity index is 288. The van der Waals surface area contributed by atoms with E-state index in [2.05, 4.69) is 19.2 Å².